The van der Waals surface area contributed by atoms with Crippen molar-refractivity contribution in [3.8, 4) is 0 Å². The van der Waals surface area contributed by atoms with E-state index < -0.39 is 18.1 Å². The molecule has 1 aliphatic carbocycles. The number of ether oxygens (including phenoxy) is 1. The molecular weight excluding hydrogens is 254 g/mol. The Kier molecular flexibility index (Phi) is 5.97. The topological polar surface area (TPSA) is 50.4 Å². The summed E-state index contributed by atoms with van der Waals surface area (Å²) in [6.07, 6.45) is 0.0399. The maximum Gasteiger partial charge on any atom is 0.407 e. The van der Waals surface area contributed by atoms with Gasteiger partial charge >= 0.3 is 6.09 Å². The highest BCUT2D eigenvalue weighted by molar-refractivity contribution is 5.67. The van der Waals surface area contributed by atoms with Crippen LogP contribution in [0.15, 0.2) is 0 Å². The lowest BCUT2D eigenvalue weighted by Crippen LogP contribution is -2.42. The molecule has 0 saturated heterocycles. The number of hydrogen-bond donors (Lipinski definition) is 2. The lowest BCUT2D eigenvalue weighted by Gasteiger charge is -2.23. The van der Waals surface area contributed by atoms with Crippen molar-refractivity contribution >= 4 is 6.09 Å². The van der Waals surface area contributed by atoms with E-state index in [9.17, 15) is 13.6 Å². The summed E-state index contributed by atoms with van der Waals surface area (Å²) < 4.78 is 29.5. The van der Waals surface area contributed by atoms with Crippen LogP contribution in [0.5, 0.6) is 0 Å². The molecule has 1 saturated carbocycles. The predicted octanol–water partition coefficient (Wildman–Crippen LogP) is 2.53. The molecule has 2 N–H and O–H groups in total. The number of nitrogens with one attached hydrogen (secondary N) is 2. The summed E-state index contributed by atoms with van der Waals surface area (Å²) in [7, 11) is 0. The standard InChI is InChI=1S/C13H24F2N2O2/c1-13(2,3)19-12(18)17-7-9-5-4-6-10(9)16-8-11(14)15/h9-11,16H,4-8H2,1-3H3,(H,17,18). The Bertz CT molecular complexity index is 293. The van der Waals surface area contributed by atoms with Crippen LogP contribution in [0.25, 0.3) is 0 Å². The van der Waals surface area contributed by atoms with Crippen LogP contribution in [-0.4, -0.2) is 37.3 Å². The molecule has 4 nitrogen and oxygen atoms in total. The van der Waals surface area contributed by atoms with Crippen LogP contribution in [0.2, 0.25) is 0 Å². The zero-order chi connectivity index (χ0) is 14.5. The van der Waals surface area contributed by atoms with E-state index >= 15 is 0 Å². The minimum atomic E-state index is -2.33. The van der Waals surface area contributed by atoms with E-state index in [1.165, 1.54) is 0 Å². The normalized spacial score (nSPS) is 23.7. The van der Waals surface area contributed by atoms with Gasteiger partial charge in [0.25, 0.3) is 6.43 Å². The minimum absolute atomic E-state index is 0.0592. The molecule has 0 aromatic carbocycles. The molecule has 0 radical (unpaired) electrons. The third kappa shape index (κ3) is 6.71. The minimum Gasteiger partial charge on any atom is -0.444 e. The number of alkyl carbamates (subject to hydrolysis) is 1. The van der Waals surface area contributed by atoms with Gasteiger partial charge in [-0.3, -0.25) is 0 Å². The number of halogens is 2. The molecule has 0 spiro atoms. The molecule has 1 rings (SSSR count). The first kappa shape index (κ1) is 16.1. The molecule has 1 aliphatic rings. The van der Waals surface area contributed by atoms with Crippen LogP contribution in [0, 0.1) is 5.92 Å². The summed E-state index contributed by atoms with van der Waals surface area (Å²) in [5, 5.41) is 5.57. The Morgan fingerprint density at radius 2 is 2.05 bits per heavy atom. The highest BCUT2D eigenvalue weighted by Crippen LogP contribution is 2.25. The fourth-order valence-corrected chi connectivity index (χ4v) is 2.32. The second kappa shape index (κ2) is 7.03. The monoisotopic (exact) mass is 278 g/mol. The molecule has 1 amide bonds. The van der Waals surface area contributed by atoms with Crippen molar-refractivity contribution in [2.24, 2.45) is 5.92 Å². The number of alkyl halides is 2. The summed E-state index contributed by atoms with van der Waals surface area (Å²) in [5.41, 5.74) is -0.521. The van der Waals surface area contributed by atoms with E-state index in [1.807, 2.05) is 0 Å². The van der Waals surface area contributed by atoms with E-state index in [1.54, 1.807) is 20.8 Å². The molecular formula is C13H24F2N2O2. The predicted molar refractivity (Wildman–Crippen MR) is 69.4 cm³/mol. The van der Waals surface area contributed by atoms with Crippen molar-refractivity contribution in [1.29, 1.82) is 0 Å². The second-order valence-electron chi connectivity index (χ2n) is 5.98. The average molecular weight is 278 g/mol. The fourth-order valence-electron chi connectivity index (χ4n) is 2.32. The molecule has 2 unspecified atom stereocenters. The highest BCUT2D eigenvalue weighted by Gasteiger charge is 2.28. The Balaban J connectivity index is 2.29. The Labute approximate surface area is 113 Å². The molecule has 0 aromatic heterocycles. The van der Waals surface area contributed by atoms with Crippen LogP contribution in [0.3, 0.4) is 0 Å². The molecule has 6 heteroatoms. The number of carbonyl (C=O) groups is 1. The van der Waals surface area contributed by atoms with Gasteiger partial charge in [0.15, 0.2) is 0 Å². The number of hydrogen-bond acceptors (Lipinski definition) is 3. The summed E-state index contributed by atoms with van der Waals surface area (Å²) in [5.74, 6) is 0.200. The third-order valence-electron chi connectivity index (χ3n) is 3.10. The first-order valence-electron chi connectivity index (χ1n) is 6.76. The average Bonchev–Trinajstić information content (AvgIpc) is 2.68. The summed E-state index contributed by atoms with van der Waals surface area (Å²) in [6.45, 7) is 5.59. The van der Waals surface area contributed by atoms with Gasteiger partial charge in [-0.05, 0) is 39.5 Å². The fraction of sp³-hybridized carbons (Fsp3) is 0.923. The summed E-state index contributed by atoms with van der Waals surface area (Å²) in [6, 6.07) is 0.0592. The first-order valence-corrected chi connectivity index (χ1v) is 6.76. The van der Waals surface area contributed by atoms with E-state index in [0.29, 0.717) is 6.54 Å². The number of carbonyl (C=O) groups excluding carboxylic acids is 1. The molecule has 19 heavy (non-hydrogen) atoms. The van der Waals surface area contributed by atoms with Gasteiger partial charge in [-0.15, -0.1) is 0 Å². The van der Waals surface area contributed by atoms with E-state index in [4.69, 9.17) is 4.74 Å². The van der Waals surface area contributed by atoms with Gasteiger partial charge in [0, 0.05) is 12.6 Å². The van der Waals surface area contributed by atoms with Crippen molar-refractivity contribution in [2.75, 3.05) is 13.1 Å². The van der Waals surface area contributed by atoms with E-state index in [0.717, 1.165) is 19.3 Å². The molecule has 1 fully saturated rings. The molecule has 0 aromatic rings. The van der Waals surface area contributed by atoms with E-state index in [-0.39, 0.29) is 18.5 Å². The number of amides is 1. The summed E-state index contributed by atoms with van der Waals surface area (Å²) in [4.78, 5) is 11.5. The van der Waals surface area contributed by atoms with Crippen molar-refractivity contribution in [3.63, 3.8) is 0 Å². The van der Waals surface area contributed by atoms with E-state index in [2.05, 4.69) is 10.6 Å². The first-order chi connectivity index (χ1) is 8.78. The molecule has 2 atom stereocenters. The zero-order valence-electron chi connectivity index (χ0n) is 11.8. The Morgan fingerprint density at radius 3 is 2.63 bits per heavy atom. The van der Waals surface area contributed by atoms with Gasteiger partial charge in [-0.1, -0.05) is 6.42 Å². The van der Waals surface area contributed by atoms with Crippen molar-refractivity contribution in [1.82, 2.24) is 10.6 Å². The Hall–Kier alpha value is -0.910. The lowest BCUT2D eigenvalue weighted by atomic mass is 10.0. The Morgan fingerprint density at radius 1 is 1.37 bits per heavy atom. The van der Waals surface area contributed by atoms with Crippen LogP contribution >= 0.6 is 0 Å². The highest BCUT2D eigenvalue weighted by atomic mass is 19.3. The van der Waals surface area contributed by atoms with Crippen molar-refractivity contribution in [2.45, 2.75) is 58.1 Å². The quantitative estimate of drug-likeness (QED) is 0.812. The van der Waals surface area contributed by atoms with Gasteiger partial charge in [0.1, 0.15) is 5.60 Å². The molecule has 0 heterocycles. The largest absolute Gasteiger partial charge is 0.444 e. The molecule has 112 valence electrons. The second-order valence-corrected chi connectivity index (χ2v) is 5.98. The van der Waals surface area contributed by atoms with Crippen LogP contribution in [0.4, 0.5) is 13.6 Å². The summed E-state index contributed by atoms with van der Waals surface area (Å²) >= 11 is 0. The van der Waals surface area contributed by atoms with Gasteiger partial charge in [-0.25, -0.2) is 13.6 Å². The van der Waals surface area contributed by atoms with Crippen molar-refractivity contribution < 1.29 is 18.3 Å². The lowest BCUT2D eigenvalue weighted by molar-refractivity contribution is 0.0516. The van der Waals surface area contributed by atoms with Gasteiger partial charge in [-0.2, -0.15) is 0 Å². The van der Waals surface area contributed by atoms with Crippen LogP contribution in [-0.2, 0) is 4.74 Å². The third-order valence-corrected chi connectivity index (χ3v) is 3.10. The molecule has 0 aliphatic heterocycles. The van der Waals surface area contributed by atoms with Gasteiger partial charge < -0.3 is 15.4 Å². The maximum atomic E-state index is 12.2. The van der Waals surface area contributed by atoms with Gasteiger partial charge in [0.2, 0.25) is 0 Å². The van der Waals surface area contributed by atoms with Crippen LogP contribution < -0.4 is 10.6 Å². The van der Waals surface area contributed by atoms with Crippen molar-refractivity contribution in [3.05, 3.63) is 0 Å². The zero-order valence-corrected chi connectivity index (χ0v) is 11.8. The maximum absolute atomic E-state index is 12.2. The van der Waals surface area contributed by atoms with Crippen LogP contribution in [0.1, 0.15) is 40.0 Å². The number of rotatable bonds is 5. The molecule has 0 bridgehead atoms. The SMILES string of the molecule is CC(C)(C)OC(=O)NCC1CCCC1NCC(F)F. The smallest absolute Gasteiger partial charge is 0.407 e. The van der Waals surface area contributed by atoms with Gasteiger partial charge in [0.05, 0.1) is 6.54 Å².